The fourth-order valence-corrected chi connectivity index (χ4v) is 2.20. The first-order valence-corrected chi connectivity index (χ1v) is 6.02. The van der Waals surface area contributed by atoms with Gasteiger partial charge in [0.1, 0.15) is 5.82 Å². The number of nitrogens with zero attached hydrogens (tertiary/aromatic N) is 1. The Bertz CT molecular complexity index is 781. The minimum atomic E-state index is -0.525. The molecule has 1 aromatic carbocycles. The number of aromatic amines is 1. The highest BCUT2D eigenvalue weighted by Gasteiger charge is 2.22. The Kier molecular flexibility index (Phi) is 2.95. The lowest BCUT2D eigenvalue weighted by molar-refractivity contribution is 0.0604. The van der Waals surface area contributed by atoms with E-state index < -0.39 is 11.8 Å². The second-order valence-electron chi connectivity index (χ2n) is 4.24. The smallest absolute Gasteiger partial charge is 0.340 e. The molecule has 2 heterocycles. The van der Waals surface area contributed by atoms with Gasteiger partial charge in [-0.2, -0.15) is 0 Å². The summed E-state index contributed by atoms with van der Waals surface area (Å²) in [5.74, 6) is -0.947. The van der Waals surface area contributed by atoms with E-state index in [0.29, 0.717) is 22.3 Å². The van der Waals surface area contributed by atoms with Crippen LogP contribution in [0.5, 0.6) is 0 Å². The zero-order valence-electron chi connectivity index (χ0n) is 10.7. The Labute approximate surface area is 114 Å². The van der Waals surface area contributed by atoms with Crippen molar-refractivity contribution in [1.82, 2.24) is 9.97 Å². The lowest BCUT2D eigenvalue weighted by atomic mass is 10.1. The second-order valence-corrected chi connectivity index (χ2v) is 4.24. The first-order valence-electron chi connectivity index (χ1n) is 6.02. The van der Waals surface area contributed by atoms with Crippen molar-refractivity contribution in [1.29, 1.82) is 0 Å². The number of esters is 1. The normalized spacial score (nSPS) is 10.7. The molecule has 4 nitrogen and oxygen atoms in total. The molecule has 0 spiro atoms. The number of rotatable bonds is 2. The van der Waals surface area contributed by atoms with Crippen molar-refractivity contribution >= 4 is 16.9 Å². The van der Waals surface area contributed by atoms with Gasteiger partial charge in [0.05, 0.1) is 29.6 Å². The van der Waals surface area contributed by atoms with Gasteiger partial charge < -0.3 is 9.72 Å². The number of pyridine rings is 1. The number of carbonyl (C=O) groups excluding carboxylic acids is 1. The van der Waals surface area contributed by atoms with Crippen LogP contribution < -0.4 is 0 Å². The maximum Gasteiger partial charge on any atom is 0.340 e. The van der Waals surface area contributed by atoms with Crippen LogP contribution in [0.15, 0.2) is 42.6 Å². The largest absolute Gasteiger partial charge is 0.465 e. The van der Waals surface area contributed by atoms with E-state index in [0.717, 1.165) is 0 Å². The molecule has 0 radical (unpaired) electrons. The number of para-hydroxylation sites is 1. The summed E-state index contributed by atoms with van der Waals surface area (Å²) >= 11 is 0. The van der Waals surface area contributed by atoms with E-state index in [1.807, 2.05) is 0 Å². The minimum absolute atomic E-state index is 0.272. The number of halogens is 1. The fraction of sp³-hybridized carbons (Fsp3) is 0.0667. The van der Waals surface area contributed by atoms with Gasteiger partial charge in [-0.1, -0.05) is 18.2 Å². The number of H-pyrrole nitrogens is 1. The topological polar surface area (TPSA) is 55.0 Å². The van der Waals surface area contributed by atoms with Gasteiger partial charge in [-0.25, -0.2) is 9.18 Å². The minimum Gasteiger partial charge on any atom is -0.465 e. The van der Waals surface area contributed by atoms with Gasteiger partial charge in [0.15, 0.2) is 0 Å². The summed E-state index contributed by atoms with van der Waals surface area (Å²) in [7, 11) is 1.29. The molecule has 100 valence electrons. The Morgan fingerprint density at radius 3 is 2.80 bits per heavy atom. The third-order valence-corrected chi connectivity index (χ3v) is 3.09. The number of nitrogens with one attached hydrogen (secondary N) is 1. The molecule has 3 aromatic rings. The quantitative estimate of drug-likeness (QED) is 0.728. The Hall–Kier alpha value is -2.69. The van der Waals surface area contributed by atoms with Crippen LogP contribution in [0.1, 0.15) is 10.4 Å². The molecule has 20 heavy (non-hydrogen) atoms. The molecule has 0 saturated carbocycles. The van der Waals surface area contributed by atoms with Crippen molar-refractivity contribution < 1.29 is 13.9 Å². The Morgan fingerprint density at radius 1 is 1.25 bits per heavy atom. The van der Waals surface area contributed by atoms with Crippen LogP contribution in [0.25, 0.3) is 22.3 Å². The van der Waals surface area contributed by atoms with Gasteiger partial charge in [0.2, 0.25) is 0 Å². The maximum absolute atomic E-state index is 13.9. The molecule has 0 aliphatic heterocycles. The molecule has 2 aromatic heterocycles. The molecule has 0 aliphatic rings. The summed E-state index contributed by atoms with van der Waals surface area (Å²) in [6, 6.07) is 9.88. The highest BCUT2D eigenvalue weighted by Crippen LogP contribution is 2.30. The maximum atomic E-state index is 13.9. The van der Waals surface area contributed by atoms with E-state index in [2.05, 4.69) is 9.97 Å². The number of hydrogen-bond donors (Lipinski definition) is 1. The average molecular weight is 270 g/mol. The third kappa shape index (κ3) is 1.84. The highest BCUT2D eigenvalue weighted by atomic mass is 19.1. The number of carbonyl (C=O) groups is 1. The van der Waals surface area contributed by atoms with E-state index in [1.165, 1.54) is 13.2 Å². The molecule has 0 amide bonds. The van der Waals surface area contributed by atoms with Gasteiger partial charge in [0.25, 0.3) is 0 Å². The predicted molar refractivity (Wildman–Crippen MR) is 72.8 cm³/mol. The monoisotopic (exact) mass is 270 g/mol. The van der Waals surface area contributed by atoms with Crippen LogP contribution >= 0.6 is 0 Å². The van der Waals surface area contributed by atoms with Gasteiger partial charge >= 0.3 is 5.97 Å². The van der Waals surface area contributed by atoms with Crippen molar-refractivity contribution in [3.05, 3.63) is 54.0 Å². The van der Waals surface area contributed by atoms with Gasteiger partial charge in [0, 0.05) is 11.6 Å². The van der Waals surface area contributed by atoms with E-state index in [9.17, 15) is 9.18 Å². The van der Waals surface area contributed by atoms with Gasteiger partial charge in [-0.15, -0.1) is 0 Å². The number of methoxy groups -OCH3 is 1. The number of hydrogen-bond acceptors (Lipinski definition) is 3. The van der Waals surface area contributed by atoms with E-state index in [-0.39, 0.29) is 5.52 Å². The van der Waals surface area contributed by atoms with Crippen molar-refractivity contribution in [2.75, 3.05) is 7.11 Å². The van der Waals surface area contributed by atoms with Crippen LogP contribution in [0.3, 0.4) is 0 Å². The fourth-order valence-electron chi connectivity index (χ4n) is 2.20. The molecule has 0 atom stereocenters. The molecular formula is C15H11FN2O2. The molecule has 1 N–H and O–H groups in total. The molecule has 0 unspecified atom stereocenters. The van der Waals surface area contributed by atoms with Crippen LogP contribution in [0, 0.1) is 5.82 Å². The number of aromatic nitrogens is 2. The lowest BCUT2D eigenvalue weighted by Crippen LogP contribution is -2.02. The third-order valence-electron chi connectivity index (χ3n) is 3.09. The first kappa shape index (κ1) is 12.3. The average Bonchev–Trinajstić information content (AvgIpc) is 2.88. The summed E-state index contributed by atoms with van der Waals surface area (Å²) in [5.41, 5.74) is 1.58. The van der Waals surface area contributed by atoms with Crippen molar-refractivity contribution in [2.24, 2.45) is 0 Å². The molecule has 0 saturated heterocycles. The summed E-state index contributed by atoms with van der Waals surface area (Å²) < 4.78 is 18.7. The van der Waals surface area contributed by atoms with Crippen molar-refractivity contribution in [3.8, 4) is 11.4 Å². The SMILES string of the molecule is COC(=O)c1c(-c2ccccn2)[nH]c2c(F)cccc12. The standard InChI is InChI=1S/C15H11FN2O2/c1-20-15(19)12-9-5-4-6-10(16)13(9)18-14(12)11-7-2-3-8-17-11/h2-8,18H,1H3. The molecule has 3 rings (SSSR count). The van der Waals surface area contributed by atoms with E-state index in [1.54, 1.807) is 36.5 Å². The Morgan fingerprint density at radius 2 is 2.10 bits per heavy atom. The molecule has 0 fully saturated rings. The van der Waals surface area contributed by atoms with Crippen LogP contribution in [0.4, 0.5) is 4.39 Å². The molecule has 0 bridgehead atoms. The van der Waals surface area contributed by atoms with E-state index >= 15 is 0 Å². The molecule has 0 aliphatic carbocycles. The van der Waals surface area contributed by atoms with Crippen LogP contribution in [0.2, 0.25) is 0 Å². The summed E-state index contributed by atoms with van der Waals surface area (Å²) in [5, 5.41) is 0.484. The van der Waals surface area contributed by atoms with E-state index in [4.69, 9.17) is 4.74 Å². The second kappa shape index (κ2) is 4.77. The summed E-state index contributed by atoms with van der Waals surface area (Å²) in [6.07, 6.45) is 1.61. The van der Waals surface area contributed by atoms with Gasteiger partial charge in [-0.3, -0.25) is 4.98 Å². The number of ether oxygens (including phenoxy) is 1. The van der Waals surface area contributed by atoms with Crippen LogP contribution in [-0.2, 0) is 4.74 Å². The summed E-state index contributed by atoms with van der Waals surface area (Å²) in [6.45, 7) is 0. The zero-order chi connectivity index (χ0) is 14.1. The number of benzene rings is 1. The first-order chi connectivity index (χ1) is 9.72. The van der Waals surface area contributed by atoms with Crippen molar-refractivity contribution in [3.63, 3.8) is 0 Å². The Balaban J connectivity index is 2.36. The lowest BCUT2D eigenvalue weighted by Gasteiger charge is -2.02. The molecule has 5 heteroatoms. The van der Waals surface area contributed by atoms with Crippen LogP contribution in [-0.4, -0.2) is 23.0 Å². The van der Waals surface area contributed by atoms with Gasteiger partial charge in [-0.05, 0) is 18.2 Å². The number of fused-ring (bicyclic) bond motifs is 1. The zero-order valence-corrected chi connectivity index (χ0v) is 10.7. The predicted octanol–water partition coefficient (Wildman–Crippen LogP) is 3.16. The van der Waals surface area contributed by atoms with Crippen molar-refractivity contribution in [2.45, 2.75) is 0 Å². The highest BCUT2D eigenvalue weighted by molar-refractivity contribution is 6.09. The molecular weight excluding hydrogens is 259 g/mol. The summed E-state index contributed by atoms with van der Waals surface area (Å²) in [4.78, 5) is 19.1.